The molecule has 0 spiro atoms. The highest BCUT2D eigenvalue weighted by atomic mass is 16.5. The molecule has 2 saturated heterocycles. The van der Waals surface area contributed by atoms with Gasteiger partial charge in [0.2, 0.25) is 0 Å². The number of ether oxygens (including phenoxy) is 2. The number of rotatable bonds is 7. The van der Waals surface area contributed by atoms with E-state index in [4.69, 9.17) is 9.47 Å². The van der Waals surface area contributed by atoms with E-state index in [0.717, 1.165) is 57.5 Å². The van der Waals surface area contributed by atoms with Gasteiger partial charge in [-0.05, 0) is 50.0 Å². The third kappa shape index (κ3) is 5.61. The van der Waals surface area contributed by atoms with E-state index in [1.54, 1.807) is 7.11 Å². The molecular weight excluding hydrogens is 352 g/mol. The van der Waals surface area contributed by atoms with Crippen LogP contribution in [0.3, 0.4) is 0 Å². The van der Waals surface area contributed by atoms with Crippen LogP contribution in [0, 0.1) is 5.92 Å². The maximum Gasteiger partial charge on any atom is 0.193 e. The Morgan fingerprint density at radius 1 is 1.29 bits per heavy atom. The fraction of sp³-hybridized carbons (Fsp3) is 0.682. The summed E-state index contributed by atoms with van der Waals surface area (Å²) in [6.45, 7) is 5.90. The summed E-state index contributed by atoms with van der Waals surface area (Å²) in [7, 11) is 5.71. The Kier molecular flexibility index (Phi) is 7.98. The lowest BCUT2D eigenvalue weighted by Crippen LogP contribution is -2.46. The lowest BCUT2D eigenvalue weighted by Gasteiger charge is -2.36. The summed E-state index contributed by atoms with van der Waals surface area (Å²) < 4.78 is 10.9. The fourth-order valence-corrected chi connectivity index (χ4v) is 4.29. The molecular formula is C22H36N4O2. The summed E-state index contributed by atoms with van der Waals surface area (Å²) in [5, 5.41) is 3.63. The number of piperidine rings is 1. The van der Waals surface area contributed by atoms with Crippen molar-refractivity contribution in [2.45, 2.75) is 31.7 Å². The Balaban J connectivity index is 1.65. The van der Waals surface area contributed by atoms with Crippen molar-refractivity contribution >= 4 is 5.96 Å². The Labute approximate surface area is 169 Å². The Morgan fingerprint density at radius 3 is 2.64 bits per heavy atom. The van der Waals surface area contributed by atoms with Crippen LogP contribution in [0.15, 0.2) is 29.3 Å². The molecule has 0 aliphatic carbocycles. The van der Waals surface area contributed by atoms with Crippen molar-refractivity contribution in [3.63, 3.8) is 0 Å². The molecule has 1 aromatic carbocycles. The minimum absolute atomic E-state index is 0.339. The van der Waals surface area contributed by atoms with Gasteiger partial charge >= 0.3 is 0 Å². The summed E-state index contributed by atoms with van der Waals surface area (Å²) in [5.41, 5.74) is 1.33. The van der Waals surface area contributed by atoms with Crippen LogP contribution in [0.5, 0.6) is 5.75 Å². The fourth-order valence-electron chi connectivity index (χ4n) is 4.29. The number of aliphatic imine (C=N–C) groups is 1. The molecule has 1 aromatic rings. The molecule has 2 fully saturated rings. The maximum atomic E-state index is 5.52. The van der Waals surface area contributed by atoms with E-state index in [2.05, 4.69) is 51.4 Å². The Hall–Kier alpha value is -1.79. The van der Waals surface area contributed by atoms with Crippen molar-refractivity contribution in [1.29, 1.82) is 0 Å². The van der Waals surface area contributed by atoms with E-state index in [1.807, 2.05) is 7.05 Å². The Morgan fingerprint density at radius 2 is 2.04 bits per heavy atom. The molecule has 2 aliphatic heterocycles. The van der Waals surface area contributed by atoms with E-state index in [9.17, 15) is 0 Å². The quantitative estimate of drug-likeness (QED) is 0.575. The van der Waals surface area contributed by atoms with Crippen LogP contribution >= 0.6 is 0 Å². The van der Waals surface area contributed by atoms with Crippen molar-refractivity contribution in [2.75, 3.05) is 60.6 Å². The molecule has 3 rings (SSSR count). The van der Waals surface area contributed by atoms with Crippen LogP contribution < -0.4 is 10.1 Å². The molecule has 6 nitrogen and oxygen atoms in total. The van der Waals surface area contributed by atoms with Gasteiger partial charge in [-0.2, -0.15) is 0 Å². The predicted molar refractivity (Wildman–Crippen MR) is 114 cm³/mol. The monoisotopic (exact) mass is 388 g/mol. The zero-order valence-corrected chi connectivity index (χ0v) is 17.7. The number of likely N-dealkylation sites (tertiary alicyclic amines) is 1. The van der Waals surface area contributed by atoms with E-state index in [-0.39, 0.29) is 0 Å². The average Bonchev–Trinajstić information content (AvgIpc) is 3.25. The van der Waals surface area contributed by atoms with Crippen molar-refractivity contribution in [2.24, 2.45) is 10.9 Å². The highest BCUT2D eigenvalue weighted by Crippen LogP contribution is 2.26. The first kappa shape index (κ1) is 20.9. The number of hydrogen-bond donors (Lipinski definition) is 1. The maximum absolute atomic E-state index is 5.52. The van der Waals surface area contributed by atoms with Gasteiger partial charge in [0.15, 0.2) is 5.96 Å². The SMILES string of the molecule is CN=C(NCC(c1ccc(OC)cc1)N1CCCCC1)N(C)CC1CCOC1. The topological polar surface area (TPSA) is 49.3 Å². The van der Waals surface area contributed by atoms with Crippen LogP contribution in [0.25, 0.3) is 0 Å². The molecule has 28 heavy (non-hydrogen) atoms. The third-order valence-electron chi connectivity index (χ3n) is 5.91. The van der Waals surface area contributed by atoms with E-state index in [1.165, 1.54) is 24.8 Å². The average molecular weight is 389 g/mol. The van der Waals surface area contributed by atoms with E-state index < -0.39 is 0 Å². The molecule has 1 N–H and O–H groups in total. The minimum Gasteiger partial charge on any atom is -0.497 e. The molecule has 0 saturated carbocycles. The minimum atomic E-state index is 0.339. The Bertz CT molecular complexity index is 607. The van der Waals surface area contributed by atoms with Gasteiger partial charge in [0, 0.05) is 39.7 Å². The first-order valence-electron chi connectivity index (χ1n) is 10.6. The van der Waals surface area contributed by atoms with Gasteiger partial charge in [-0.25, -0.2) is 0 Å². The van der Waals surface area contributed by atoms with Crippen LogP contribution in [0.2, 0.25) is 0 Å². The number of nitrogens with zero attached hydrogens (tertiary/aromatic N) is 3. The van der Waals surface area contributed by atoms with Gasteiger partial charge in [-0.1, -0.05) is 18.6 Å². The highest BCUT2D eigenvalue weighted by molar-refractivity contribution is 5.79. The summed E-state index contributed by atoms with van der Waals surface area (Å²) >= 11 is 0. The number of nitrogens with one attached hydrogen (secondary N) is 1. The van der Waals surface area contributed by atoms with Crippen molar-refractivity contribution < 1.29 is 9.47 Å². The smallest absolute Gasteiger partial charge is 0.193 e. The summed E-state index contributed by atoms with van der Waals surface area (Å²) in [6, 6.07) is 8.86. The molecule has 0 amide bonds. The van der Waals surface area contributed by atoms with Crippen LogP contribution in [0.1, 0.15) is 37.3 Å². The summed E-state index contributed by atoms with van der Waals surface area (Å²) in [5.74, 6) is 2.47. The van der Waals surface area contributed by atoms with Gasteiger partial charge in [-0.3, -0.25) is 9.89 Å². The van der Waals surface area contributed by atoms with Gasteiger partial charge in [-0.15, -0.1) is 0 Å². The third-order valence-corrected chi connectivity index (χ3v) is 5.91. The largest absolute Gasteiger partial charge is 0.497 e. The lowest BCUT2D eigenvalue weighted by molar-refractivity contribution is 0.163. The molecule has 0 aromatic heterocycles. The van der Waals surface area contributed by atoms with Gasteiger partial charge in [0.05, 0.1) is 19.8 Å². The van der Waals surface area contributed by atoms with Gasteiger partial charge < -0.3 is 19.7 Å². The molecule has 0 bridgehead atoms. The van der Waals surface area contributed by atoms with E-state index in [0.29, 0.717) is 12.0 Å². The molecule has 0 radical (unpaired) electrons. The lowest BCUT2D eigenvalue weighted by atomic mass is 10.0. The number of hydrogen-bond acceptors (Lipinski definition) is 4. The zero-order valence-electron chi connectivity index (χ0n) is 17.7. The number of methoxy groups -OCH3 is 1. The molecule has 6 heteroatoms. The first-order chi connectivity index (χ1) is 13.7. The van der Waals surface area contributed by atoms with Crippen LogP contribution in [-0.4, -0.2) is 76.4 Å². The second-order valence-corrected chi connectivity index (χ2v) is 7.92. The second-order valence-electron chi connectivity index (χ2n) is 7.92. The molecule has 2 heterocycles. The highest BCUT2D eigenvalue weighted by Gasteiger charge is 2.24. The predicted octanol–water partition coefficient (Wildman–Crippen LogP) is 2.77. The number of benzene rings is 1. The van der Waals surface area contributed by atoms with Crippen LogP contribution in [-0.2, 0) is 4.74 Å². The number of guanidine groups is 1. The molecule has 2 aliphatic rings. The van der Waals surface area contributed by atoms with Gasteiger partial charge in [0.1, 0.15) is 5.75 Å². The van der Waals surface area contributed by atoms with Crippen molar-refractivity contribution in [1.82, 2.24) is 15.1 Å². The normalized spacial score (nSPS) is 22.1. The van der Waals surface area contributed by atoms with Crippen molar-refractivity contribution in [3.05, 3.63) is 29.8 Å². The summed E-state index contributed by atoms with van der Waals surface area (Å²) in [6.07, 6.45) is 5.04. The molecule has 2 unspecified atom stereocenters. The zero-order chi connectivity index (χ0) is 19.8. The second kappa shape index (κ2) is 10.7. The first-order valence-corrected chi connectivity index (χ1v) is 10.6. The van der Waals surface area contributed by atoms with Gasteiger partial charge in [0.25, 0.3) is 0 Å². The molecule has 156 valence electrons. The molecule has 2 atom stereocenters. The summed E-state index contributed by atoms with van der Waals surface area (Å²) in [4.78, 5) is 9.36. The van der Waals surface area contributed by atoms with E-state index >= 15 is 0 Å². The van der Waals surface area contributed by atoms with Crippen molar-refractivity contribution in [3.8, 4) is 5.75 Å². The van der Waals surface area contributed by atoms with Crippen LogP contribution in [0.4, 0.5) is 0 Å². The standard InChI is InChI=1S/C22H36N4O2/c1-23-22(25(2)16-18-11-14-28-17-18)24-15-21(26-12-5-4-6-13-26)19-7-9-20(27-3)10-8-19/h7-10,18,21H,4-6,11-17H2,1-3H3,(H,23,24).